The number of carbonyl (C=O) groups is 1. The number of hydrogen-bond acceptors (Lipinski definition) is 4. The summed E-state index contributed by atoms with van der Waals surface area (Å²) in [6, 6.07) is 15.5. The van der Waals surface area contributed by atoms with Gasteiger partial charge in [-0.1, -0.05) is 41.9 Å². The van der Waals surface area contributed by atoms with E-state index in [-0.39, 0.29) is 0 Å². The fourth-order valence-corrected chi connectivity index (χ4v) is 2.69. The van der Waals surface area contributed by atoms with Crippen molar-refractivity contribution in [1.29, 1.82) is 0 Å². The van der Waals surface area contributed by atoms with Crippen molar-refractivity contribution in [3.63, 3.8) is 0 Å². The molecular weight excluding hydrogens is 324 g/mol. The van der Waals surface area contributed by atoms with Crippen molar-refractivity contribution in [1.82, 2.24) is 0 Å². The van der Waals surface area contributed by atoms with Gasteiger partial charge < -0.3 is 10.1 Å². The number of benzodiazepines with no additional fused rings is 1. The molecular formula is C19H17ClN2O2. The maximum atomic E-state index is 11.8. The van der Waals surface area contributed by atoms with Crippen molar-refractivity contribution in [3.05, 3.63) is 76.5 Å². The third-order valence-corrected chi connectivity index (χ3v) is 3.81. The second-order valence-electron chi connectivity index (χ2n) is 5.26. The van der Waals surface area contributed by atoms with Crippen LogP contribution in [0.5, 0.6) is 0 Å². The molecule has 2 aromatic carbocycles. The molecule has 0 aliphatic carbocycles. The molecule has 0 atom stereocenters. The molecule has 5 heteroatoms. The highest BCUT2D eigenvalue weighted by Gasteiger charge is 2.17. The summed E-state index contributed by atoms with van der Waals surface area (Å²) < 4.78 is 4.99. The first kappa shape index (κ1) is 16.3. The number of nitrogens with one attached hydrogen (secondary N) is 1. The van der Waals surface area contributed by atoms with Gasteiger partial charge in [-0.25, -0.2) is 9.79 Å². The highest BCUT2D eigenvalue weighted by atomic mass is 35.5. The third-order valence-electron chi connectivity index (χ3n) is 3.57. The van der Waals surface area contributed by atoms with Gasteiger partial charge in [-0.05, 0) is 25.1 Å². The Morgan fingerprint density at radius 1 is 1.29 bits per heavy atom. The highest BCUT2D eigenvalue weighted by molar-refractivity contribution is 6.31. The van der Waals surface area contributed by atoms with Crippen LogP contribution in [0.3, 0.4) is 0 Å². The van der Waals surface area contributed by atoms with Crippen LogP contribution in [0.25, 0.3) is 0 Å². The van der Waals surface area contributed by atoms with Crippen molar-refractivity contribution in [2.75, 3.05) is 18.5 Å². The van der Waals surface area contributed by atoms with Crippen LogP contribution in [-0.4, -0.2) is 24.8 Å². The van der Waals surface area contributed by atoms with Crippen molar-refractivity contribution in [2.24, 2.45) is 4.99 Å². The number of nitrogens with zero attached hydrogens (tertiary/aromatic N) is 1. The van der Waals surface area contributed by atoms with Gasteiger partial charge in [-0.15, -0.1) is 0 Å². The molecule has 1 aliphatic rings. The minimum Gasteiger partial charge on any atom is -0.463 e. The molecule has 2 aromatic rings. The number of anilines is 1. The zero-order valence-corrected chi connectivity index (χ0v) is 14.0. The van der Waals surface area contributed by atoms with E-state index in [1.165, 1.54) is 6.08 Å². The van der Waals surface area contributed by atoms with E-state index >= 15 is 0 Å². The second kappa shape index (κ2) is 7.32. The number of benzene rings is 2. The van der Waals surface area contributed by atoms with Crippen molar-refractivity contribution in [2.45, 2.75) is 6.92 Å². The van der Waals surface area contributed by atoms with Crippen LogP contribution < -0.4 is 5.32 Å². The molecule has 0 radical (unpaired) electrons. The Bertz CT molecular complexity index is 813. The van der Waals surface area contributed by atoms with Gasteiger partial charge in [0.05, 0.1) is 24.6 Å². The predicted molar refractivity (Wildman–Crippen MR) is 96.7 cm³/mol. The molecule has 1 heterocycles. The SMILES string of the molecule is CCOC(=O)C=C1CNc2ccc(Cl)cc2C(c2ccccc2)=N1. The molecule has 0 saturated carbocycles. The standard InChI is InChI=1S/C19H17ClN2O2/c1-2-24-18(23)11-15-12-21-17-9-8-14(20)10-16(17)19(22-15)13-6-4-3-5-7-13/h3-11,21H,2,12H2,1H3. The molecule has 1 aliphatic heterocycles. The molecule has 0 spiro atoms. The Labute approximate surface area is 145 Å². The summed E-state index contributed by atoms with van der Waals surface area (Å²) >= 11 is 6.17. The molecule has 3 rings (SSSR count). The minimum absolute atomic E-state index is 0.334. The number of aliphatic imine (C=N–C) groups is 1. The lowest BCUT2D eigenvalue weighted by molar-refractivity contribution is -0.137. The van der Waals surface area contributed by atoms with Gasteiger partial charge in [0, 0.05) is 27.9 Å². The van der Waals surface area contributed by atoms with Crippen LogP contribution in [0.15, 0.2) is 65.3 Å². The van der Waals surface area contributed by atoms with Gasteiger partial charge in [0.15, 0.2) is 0 Å². The van der Waals surface area contributed by atoms with Gasteiger partial charge in [-0.2, -0.15) is 0 Å². The van der Waals surface area contributed by atoms with Crippen molar-refractivity contribution < 1.29 is 9.53 Å². The number of ether oxygens (including phenoxy) is 1. The molecule has 24 heavy (non-hydrogen) atoms. The topological polar surface area (TPSA) is 50.7 Å². The number of fused-ring (bicyclic) bond motifs is 1. The maximum absolute atomic E-state index is 11.8. The first-order valence-electron chi connectivity index (χ1n) is 7.72. The lowest BCUT2D eigenvalue weighted by atomic mass is 10.0. The van der Waals surface area contributed by atoms with Crippen LogP contribution in [0.1, 0.15) is 18.1 Å². The first-order chi connectivity index (χ1) is 11.7. The zero-order valence-electron chi connectivity index (χ0n) is 13.3. The molecule has 0 amide bonds. The van der Waals surface area contributed by atoms with Gasteiger partial charge in [0.2, 0.25) is 0 Å². The van der Waals surface area contributed by atoms with Crippen LogP contribution in [0.4, 0.5) is 5.69 Å². The molecule has 0 fully saturated rings. The fourth-order valence-electron chi connectivity index (χ4n) is 2.52. The summed E-state index contributed by atoms with van der Waals surface area (Å²) in [5, 5.41) is 3.94. The number of esters is 1. The molecule has 0 unspecified atom stereocenters. The van der Waals surface area contributed by atoms with E-state index in [0.29, 0.717) is 23.9 Å². The van der Waals surface area contributed by atoms with Gasteiger partial charge in [0.25, 0.3) is 0 Å². The van der Waals surface area contributed by atoms with Gasteiger partial charge in [0.1, 0.15) is 0 Å². The van der Waals surface area contributed by atoms with E-state index in [4.69, 9.17) is 21.3 Å². The van der Waals surface area contributed by atoms with E-state index < -0.39 is 5.97 Å². The molecule has 1 N–H and O–H groups in total. The van der Waals surface area contributed by atoms with Crippen molar-refractivity contribution >= 4 is 29.0 Å². The van der Waals surface area contributed by atoms with Gasteiger partial charge >= 0.3 is 5.97 Å². The van der Waals surface area contributed by atoms with E-state index in [0.717, 1.165) is 22.5 Å². The molecule has 0 saturated heterocycles. The summed E-state index contributed by atoms with van der Waals surface area (Å²) in [5.41, 5.74) is 4.17. The average molecular weight is 341 g/mol. The number of halogens is 1. The summed E-state index contributed by atoms with van der Waals surface area (Å²) in [7, 11) is 0. The number of carbonyl (C=O) groups excluding carboxylic acids is 1. The smallest absolute Gasteiger partial charge is 0.332 e. The molecule has 4 nitrogen and oxygen atoms in total. The van der Waals surface area contributed by atoms with E-state index in [9.17, 15) is 4.79 Å². The highest BCUT2D eigenvalue weighted by Crippen LogP contribution is 2.27. The Hall–Kier alpha value is -2.59. The first-order valence-corrected chi connectivity index (χ1v) is 8.10. The Morgan fingerprint density at radius 2 is 2.08 bits per heavy atom. The lowest BCUT2D eigenvalue weighted by Gasteiger charge is -2.10. The summed E-state index contributed by atoms with van der Waals surface area (Å²) in [4.78, 5) is 16.5. The molecule has 122 valence electrons. The number of hydrogen-bond donors (Lipinski definition) is 1. The summed E-state index contributed by atoms with van der Waals surface area (Å²) in [5.74, 6) is -0.394. The summed E-state index contributed by atoms with van der Waals surface area (Å²) in [6.07, 6.45) is 1.42. The lowest BCUT2D eigenvalue weighted by Crippen LogP contribution is -2.06. The minimum atomic E-state index is -0.394. The maximum Gasteiger partial charge on any atom is 0.332 e. The predicted octanol–water partition coefficient (Wildman–Crippen LogP) is 4.05. The van der Waals surface area contributed by atoms with E-state index in [1.807, 2.05) is 48.5 Å². The van der Waals surface area contributed by atoms with Crippen LogP contribution >= 0.6 is 11.6 Å². The van der Waals surface area contributed by atoms with Crippen LogP contribution in [0, 0.1) is 0 Å². The average Bonchev–Trinajstić information content (AvgIpc) is 2.75. The molecule has 0 bridgehead atoms. The molecule has 0 aromatic heterocycles. The second-order valence-corrected chi connectivity index (χ2v) is 5.69. The monoisotopic (exact) mass is 340 g/mol. The van der Waals surface area contributed by atoms with Gasteiger partial charge in [-0.3, -0.25) is 0 Å². The quantitative estimate of drug-likeness (QED) is 0.677. The normalized spacial score (nSPS) is 15.1. The summed E-state index contributed by atoms with van der Waals surface area (Å²) in [6.45, 7) is 2.54. The Kier molecular flexibility index (Phi) is 4.96. The largest absolute Gasteiger partial charge is 0.463 e. The Balaban J connectivity index is 2.11. The third kappa shape index (κ3) is 3.66. The van der Waals surface area contributed by atoms with Crippen LogP contribution in [0.2, 0.25) is 5.02 Å². The Morgan fingerprint density at radius 3 is 2.83 bits per heavy atom. The zero-order chi connectivity index (χ0) is 16.9. The van der Waals surface area contributed by atoms with E-state index in [2.05, 4.69) is 5.32 Å². The fraction of sp³-hybridized carbons (Fsp3) is 0.158. The van der Waals surface area contributed by atoms with Crippen LogP contribution in [-0.2, 0) is 9.53 Å². The van der Waals surface area contributed by atoms with Crippen molar-refractivity contribution in [3.8, 4) is 0 Å². The van der Waals surface area contributed by atoms with E-state index in [1.54, 1.807) is 6.92 Å². The number of rotatable bonds is 3.